The second kappa shape index (κ2) is 8.22. The molecule has 7 aromatic carbocycles. The van der Waals surface area contributed by atoms with Gasteiger partial charge >= 0.3 is 6.85 Å². The summed E-state index contributed by atoms with van der Waals surface area (Å²) >= 11 is 0. The number of fused-ring (bicyclic) bond motifs is 16. The number of hydrogen-bond acceptors (Lipinski definition) is 1. The maximum Gasteiger partial charge on any atom is 0.333 e. The van der Waals surface area contributed by atoms with Gasteiger partial charge in [-0.3, -0.25) is 0 Å². The molecule has 0 unspecified atom stereocenters. The molecule has 0 saturated heterocycles. The van der Waals surface area contributed by atoms with Crippen molar-refractivity contribution in [1.29, 1.82) is 0 Å². The standard InChI is InChI=1S/C43H27BN2Si/c1-26-24-32-31-16-10-15-30-27-12-2-5-18-34(27)46(42(30)31)44-33-17-11-23-40-43(33)45(36(25-26)41(32)44)35-19-6-9-22-39(35)47(40)37-20-7-3-13-28(37)29-14-4-8-21-38(29)47/h2-25H,1H3. The van der Waals surface area contributed by atoms with Gasteiger partial charge in [-0.1, -0.05) is 127 Å². The Morgan fingerprint density at radius 2 is 1.15 bits per heavy atom. The number of nitrogens with zero attached hydrogens (tertiary/aromatic N) is 2. The SMILES string of the molecule is Cc1cc2c3c(c1)N1c4ccccc4[Si]4(c5ccccc5-c5ccccc54)c4cccc(c41)B3n1c3ccccc3c3cccc-2c31. The first-order valence-electron chi connectivity index (χ1n) is 16.7. The number of rotatable bonds is 0. The Kier molecular flexibility index (Phi) is 4.31. The average molecular weight is 611 g/mol. The number of aryl methyl sites for hydroxylation is 1. The van der Waals surface area contributed by atoms with Crippen molar-refractivity contribution in [2.45, 2.75) is 6.92 Å². The Hall–Kier alpha value is -5.58. The van der Waals surface area contributed by atoms with Crippen molar-refractivity contribution >= 4 is 85.5 Å². The zero-order valence-corrected chi connectivity index (χ0v) is 26.8. The third kappa shape index (κ3) is 2.64. The van der Waals surface area contributed by atoms with Crippen LogP contribution in [0.1, 0.15) is 5.56 Å². The van der Waals surface area contributed by atoms with Crippen LogP contribution in [0.5, 0.6) is 0 Å². The highest BCUT2D eigenvalue weighted by Crippen LogP contribution is 2.47. The molecule has 0 atom stereocenters. The van der Waals surface area contributed by atoms with Gasteiger partial charge < -0.3 is 9.38 Å². The van der Waals surface area contributed by atoms with Gasteiger partial charge in [-0.25, -0.2) is 0 Å². The molecule has 5 heterocycles. The smallest absolute Gasteiger partial charge is 0.333 e. The molecule has 4 aliphatic rings. The molecule has 47 heavy (non-hydrogen) atoms. The minimum atomic E-state index is -2.65. The van der Waals surface area contributed by atoms with E-state index in [4.69, 9.17) is 0 Å². The van der Waals surface area contributed by atoms with Gasteiger partial charge in [-0.2, -0.15) is 0 Å². The van der Waals surface area contributed by atoms with Crippen LogP contribution >= 0.6 is 0 Å². The van der Waals surface area contributed by atoms with Crippen molar-refractivity contribution in [1.82, 2.24) is 4.48 Å². The first-order chi connectivity index (χ1) is 23.3. The Balaban J connectivity index is 1.30. The topological polar surface area (TPSA) is 8.17 Å². The highest BCUT2D eigenvalue weighted by Gasteiger charge is 2.56. The van der Waals surface area contributed by atoms with Crippen LogP contribution in [0, 0.1) is 6.92 Å². The summed E-state index contributed by atoms with van der Waals surface area (Å²) in [5.74, 6) is 0. The fourth-order valence-corrected chi connectivity index (χ4v) is 15.6. The molecule has 4 aliphatic heterocycles. The molecular weight excluding hydrogens is 583 g/mol. The van der Waals surface area contributed by atoms with Crippen LogP contribution in [-0.2, 0) is 0 Å². The molecule has 0 radical (unpaired) electrons. The Morgan fingerprint density at radius 1 is 0.511 bits per heavy atom. The average Bonchev–Trinajstić information content (AvgIpc) is 3.61. The van der Waals surface area contributed by atoms with Gasteiger partial charge in [0.2, 0.25) is 0 Å². The van der Waals surface area contributed by atoms with Crippen LogP contribution < -0.4 is 36.6 Å². The summed E-state index contributed by atoms with van der Waals surface area (Å²) < 4.78 is 2.68. The number of hydrogen-bond donors (Lipinski definition) is 0. The Labute approximate surface area is 274 Å². The fraction of sp³-hybridized carbons (Fsp3) is 0.0233. The molecule has 0 saturated carbocycles. The van der Waals surface area contributed by atoms with Gasteiger partial charge in [0.25, 0.3) is 0 Å². The van der Waals surface area contributed by atoms with Crippen molar-refractivity contribution in [2.24, 2.45) is 0 Å². The van der Waals surface area contributed by atoms with Gasteiger partial charge in [0, 0.05) is 44.4 Å². The van der Waals surface area contributed by atoms with Crippen LogP contribution in [-0.4, -0.2) is 19.4 Å². The van der Waals surface area contributed by atoms with Gasteiger partial charge in [-0.05, 0) is 79.0 Å². The summed E-state index contributed by atoms with van der Waals surface area (Å²) in [6, 6.07) is 56.0. The van der Waals surface area contributed by atoms with Crippen molar-refractivity contribution < 1.29 is 0 Å². The van der Waals surface area contributed by atoms with E-state index in [1.165, 1.54) is 98.4 Å². The zero-order chi connectivity index (χ0) is 30.6. The number of para-hydroxylation sites is 4. The summed E-state index contributed by atoms with van der Waals surface area (Å²) in [5.41, 5.74) is 16.3. The van der Waals surface area contributed by atoms with Gasteiger partial charge in [0.15, 0.2) is 8.07 Å². The highest BCUT2D eigenvalue weighted by atomic mass is 28.3. The second-order valence-corrected chi connectivity index (χ2v) is 17.3. The van der Waals surface area contributed by atoms with E-state index in [-0.39, 0.29) is 6.85 Å². The fourth-order valence-electron chi connectivity index (χ4n) is 10.1. The van der Waals surface area contributed by atoms with E-state index in [1.807, 2.05) is 0 Å². The minimum Gasteiger partial charge on any atom is -0.375 e. The molecule has 0 N–H and O–H groups in total. The first kappa shape index (κ1) is 24.6. The lowest BCUT2D eigenvalue weighted by atomic mass is 9.45. The van der Waals surface area contributed by atoms with Gasteiger partial charge in [0.1, 0.15) is 0 Å². The molecular formula is C43H27BN2Si. The van der Waals surface area contributed by atoms with Crippen LogP contribution in [0.4, 0.5) is 17.1 Å². The monoisotopic (exact) mass is 610 g/mol. The van der Waals surface area contributed by atoms with Crippen LogP contribution in [0.25, 0.3) is 44.1 Å². The number of benzene rings is 7. The summed E-state index contributed by atoms with van der Waals surface area (Å²) in [6.45, 7) is 2.35. The van der Waals surface area contributed by atoms with Crippen molar-refractivity contribution in [2.75, 3.05) is 4.90 Å². The highest BCUT2D eigenvalue weighted by molar-refractivity contribution is 7.24. The van der Waals surface area contributed by atoms with E-state index in [1.54, 1.807) is 0 Å². The summed E-state index contributed by atoms with van der Waals surface area (Å²) in [4.78, 5) is 2.65. The predicted molar refractivity (Wildman–Crippen MR) is 201 cm³/mol. The zero-order valence-electron chi connectivity index (χ0n) is 25.8. The minimum absolute atomic E-state index is 0.0762. The van der Waals surface area contributed by atoms with Crippen molar-refractivity contribution in [3.63, 3.8) is 0 Å². The predicted octanol–water partition coefficient (Wildman–Crippen LogP) is 6.19. The maximum atomic E-state index is 2.68. The molecule has 0 aliphatic carbocycles. The van der Waals surface area contributed by atoms with E-state index >= 15 is 0 Å². The molecule has 1 spiro atoms. The molecule has 8 aromatic rings. The normalized spacial score (nSPS) is 15.0. The van der Waals surface area contributed by atoms with E-state index in [0.717, 1.165) is 0 Å². The van der Waals surface area contributed by atoms with E-state index < -0.39 is 8.07 Å². The second-order valence-electron chi connectivity index (χ2n) is 13.7. The molecule has 2 nitrogen and oxygen atoms in total. The lowest BCUT2D eigenvalue weighted by Gasteiger charge is -2.49. The van der Waals surface area contributed by atoms with E-state index in [2.05, 4.69) is 162 Å². The van der Waals surface area contributed by atoms with Crippen molar-refractivity contribution in [3.8, 4) is 22.3 Å². The summed E-state index contributed by atoms with van der Waals surface area (Å²) in [6.07, 6.45) is 0. The molecule has 0 bridgehead atoms. The van der Waals surface area contributed by atoms with E-state index in [0.29, 0.717) is 0 Å². The lowest BCUT2D eigenvalue weighted by molar-refractivity contribution is 1.25. The number of aromatic nitrogens is 1. The summed E-state index contributed by atoms with van der Waals surface area (Å²) in [7, 11) is -2.65. The van der Waals surface area contributed by atoms with Crippen LogP contribution in [0.2, 0.25) is 0 Å². The number of anilines is 3. The largest absolute Gasteiger partial charge is 0.375 e. The summed E-state index contributed by atoms with van der Waals surface area (Å²) in [5, 5.41) is 8.69. The first-order valence-corrected chi connectivity index (χ1v) is 18.7. The molecule has 1 aromatic heterocycles. The molecule has 4 heteroatoms. The molecule has 12 rings (SSSR count). The Bertz CT molecular complexity index is 2690. The van der Waals surface area contributed by atoms with Crippen LogP contribution in [0.15, 0.2) is 146 Å². The Morgan fingerprint density at radius 3 is 1.98 bits per heavy atom. The van der Waals surface area contributed by atoms with Gasteiger partial charge in [0.05, 0.1) is 0 Å². The molecule has 0 amide bonds. The third-order valence-corrected chi connectivity index (χ3v) is 16.5. The quantitative estimate of drug-likeness (QED) is 0.186. The van der Waals surface area contributed by atoms with Crippen LogP contribution in [0.3, 0.4) is 0 Å². The third-order valence-electron chi connectivity index (χ3n) is 11.6. The molecule has 0 fully saturated rings. The van der Waals surface area contributed by atoms with Gasteiger partial charge in [-0.15, -0.1) is 0 Å². The molecule has 216 valence electrons. The lowest BCUT2D eigenvalue weighted by Crippen LogP contribution is -2.77. The maximum absolute atomic E-state index is 2.68. The van der Waals surface area contributed by atoms with Crippen molar-refractivity contribution in [3.05, 3.63) is 151 Å². The van der Waals surface area contributed by atoms with E-state index in [9.17, 15) is 0 Å².